The zero-order valence-corrected chi connectivity index (χ0v) is 89.7. The van der Waals surface area contributed by atoms with E-state index in [0.717, 1.165) is 109 Å². The standard InChI is InChI=1S/C15H15NO3.C15H15NO2.C11H15NO3.C11H15NO2.C11H13NO.C10H12ClNO2.C10H16N2O2S.C10H13NO.C9H14N2O2S.C8H12N2O2S/c1-11-4-3-5-12(10-11)16-15(17)19-14-8-6-13(18-2)7-9-14;1-12-6-5-9-14(10-12)16-15(17)18-11-13-7-3-2-4-8-13;1-9-4-3-5-10(8-9)12-11(13)15-7-6-14-2;1-3-8-14-11(13)12-10-6-4-9(2)5-7-10;1-8-3-2-4-10(7-8)12-11(13)9-5-6-9;1-8-3-2-4-9(7-8)12-10(13)14-6-5-11;1-8(2)11-15(13,14)12-10-6-4-5-9(3)7-10;1-3-10(12)11-9-6-4-5-8(2)7-9;1-3-10-14(12,13)11-9-6-4-5-8(2)7-9;1-7-4-3-5-8(6-7)10-13(11,12)9-2/h3-10H,1-2H3,(H,16,17);2-10H,11H2,1H3,(H,16,17);3-5,8H,6-7H2,1-2H3,(H,12,13);4-7H,3,8H2,1-2H3,(H,12,13);2-4,7,9H,5-6H2,1H3,(H,12,13);2-4,7H,5-6H2,1H3,(H,12,13);4-8,11-12H,1-3H3;4-7H,3H2,1-2H3,(H,11,12);4-7,10-11H,3H2,1-2H3;3-6,9-10H,1-2H3. The molecule has 0 saturated heterocycles. The van der Waals surface area contributed by atoms with Gasteiger partial charge in [-0.15, -0.1) is 11.6 Å². The summed E-state index contributed by atoms with van der Waals surface area (Å²) in [6.45, 7) is 30.7. The molecule has 0 bridgehead atoms. The highest BCUT2D eigenvalue weighted by molar-refractivity contribution is 7.91. The number of aryl methyl sites for hydroxylation is 10. The van der Waals surface area contributed by atoms with Crippen molar-refractivity contribution in [2.45, 2.75) is 142 Å². The Bertz CT molecular complexity index is 6370. The smallest absolute Gasteiger partial charge is 0.417 e. The summed E-state index contributed by atoms with van der Waals surface area (Å²) in [5, 5.41) is 18.9. The van der Waals surface area contributed by atoms with Crippen molar-refractivity contribution in [2.24, 2.45) is 5.92 Å². The van der Waals surface area contributed by atoms with Crippen molar-refractivity contribution < 1.29 is 92.0 Å². The molecule has 0 aliphatic heterocycles. The zero-order chi connectivity index (χ0) is 109. The quantitative estimate of drug-likeness (QED) is 0.0109. The summed E-state index contributed by atoms with van der Waals surface area (Å²) in [5.74, 6) is 1.99. The number of rotatable bonds is 31. The van der Waals surface area contributed by atoms with Crippen molar-refractivity contribution in [1.82, 2.24) is 14.2 Å². The van der Waals surface area contributed by atoms with Crippen LogP contribution >= 0.6 is 11.6 Å². The predicted molar refractivity (Wildman–Crippen MR) is 591 cm³/mol. The molecular weight excluding hydrogens is 1950 g/mol. The molecule has 13 rings (SSSR count). The van der Waals surface area contributed by atoms with Gasteiger partial charge in [0.15, 0.2) is 0 Å². The van der Waals surface area contributed by atoms with Gasteiger partial charge in [-0.05, 0) is 304 Å². The van der Waals surface area contributed by atoms with E-state index in [-0.39, 0.29) is 43.6 Å². The Kier molecular flexibility index (Phi) is 58.6. The highest BCUT2D eigenvalue weighted by atomic mass is 35.5. The first-order valence-corrected chi connectivity index (χ1v) is 52.0. The van der Waals surface area contributed by atoms with E-state index < -0.39 is 61.1 Å². The van der Waals surface area contributed by atoms with E-state index in [1.54, 1.807) is 114 Å². The second kappa shape index (κ2) is 69.2. The number of alkyl halides is 1. The fourth-order valence-corrected chi connectivity index (χ4v) is 14.4. The molecule has 13 N–H and O–H groups in total. The van der Waals surface area contributed by atoms with Crippen molar-refractivity contribution in [3.05, 3.63) is 358 Å². The van der Waals surface area contributed by atoms with Gasteiger partial charge in [0.1, 0.15) is 31.3 Å². The van der Waals surface area contributed by atoms with Crippen LogP contribution in [0.5, 0.6) is 11.5 Å². The molecule has 37 heteroatoms. The molecule has 0 atom stereocenters. The van der Waals surface area contributed by atoms with Gasteiger partial charge in [0.05, 0.1) is 26.2 Å². The highest BCUT2D eigenvalue weighted by Crippen LogP contribution is 2.30. The molecule has 12 aromatic carbocycles. The summed E-state index contributed by atoms with van der Waals surface area (Å²) < 4.78 is 116. The normalized spacial score (nSPS) is 10.7. The first kappa shape index (κ1) is 124. The van der Waals surface area contributed by atoms with Crippen molar-refractivity contribution >= 4 is 141 Å². The van der Waals surface area contributed by atoms with Gasteiger partial charge < -0.3 is 43.8 Å². The van der Waals surface area contributed by atoms with E-state index in [1.807, 2.05) is 301 Å². The first-order chi connectivity index (χ1) is 70.0. The zero-order valence-electron chi connectivity index (χ0n) is 86.5. The number of hydrogen-bond acceptors (Lipinski definition) is 20. The number of methoxy groups -OCH3 is 2. The average Bonchev–Trinajstić information content (AvgIpc) is 1.83. The molecule has 1 aliphatic carbocycles. The maximum absolute atomic E-state index is 11.7. The van der Waals surface area contributed by atoms with Crippen LogP contribution in [0.4, 0.5) is 80.8 Å². The van der Waals surface area contributed by atoms with E-state index in [2.05, 4.69) is 65.6 Å². The maximum Gasteiger partial charge on any atom is 0.417 e. The number of carbonyl (C=O) groups is 7. The SMILES string of the molecule is CCC(=O)Nc1cccc(C)c1.CCCOC(=O)Nc1ccc(C)cc1.CCNS(=O)(=O)Nc1cccc(C)c1.CNS(=O)(=O)Nc1cccc(C)c1.COCCOC(=O)Nc1cccc(C)c1.COc1ccc(OC(=O)Nc2cccc(C)c2)cc1.Cc1cccc(NC(=O)C2CC2)c1.Cc1cccc(NC(=O)OCCCl)c1.Cc1cccc(NC(=O)OCc2ccccc2)c1.Cc1cccc(NS(=O)(=O)NC(C)C)c1. The largest absolute Gasteiger partial charge is 0.497 e. The lowest BCUT2D eigenvalue weighted by atomic mass is 10.2. The fraction of sp³-hybridized carbons (Fsp3) is 0.282. The highest BCUT2D eigenvalue weighted by Gasteiger charge is 2.29. The van der Waals surface area contributed by atoms with Crippen LogP contribution in [0.3, 0.4) is 0 Å². The van der Waals surface area contributed by atoms with Crippen LogP contribution in [0.1, 0.15) is 121 Å². The van der Waals surface area contributed by atoms with Crippen LogP contribution in [-0.2, 0) is 70.5 Å². The third kappa shape index (κ3) is 59.8. The molecule has 0 heterocycles. The third-order valence-corrected chi connectivity index (χ3v) is 22.4. The lowest BCUT2D eigenvalue weighted by Crippen LogP contribution is -2.35. The van der Waals surface area contributed by atoms with Gasteiger partial charge in [0.2, 0.25) is 11.8 Å². The Morgan fingerprint density at radius 3 is 1.02 bits per heavy atom. The van der Waals surface area contributed by atoms with E-state index >= 15 is 0 Å². The van der Waals surface area contributed by atoms with Gasteiger partial charge in [-0.3, -0.25) is 50.3 Å². The van der Waals surface area contributed by atoms with E-state index in [9.17, 15) is 58.8 Å². The minimum Gasteiger partial charge on any atom is -0.497 e. The van der Waals surface area contributed by atoms with Gasteiger partial charge in [-0.25, -0.2) is 28.7 Å². The van der Waals surface area contributed by atoms with Crippen LogP contribution in [0.2, 0.25) is 0 Å². The van der Waals surface area contributed by atoms with Crippen LogP contribution in [0, 0.1) is 75.2 Å². The molecule has 0 spiro atoms. The molecular formula is C110H140ClN13O20S3. The van der Waals surface area contributed by atoms with Crippen molar-refractivity contribution in [2.75, 3.05) is 112 Å². The number of benzene rings is 12. The number of amides is 7. The Balaban J connectivity index is 0.000000341. The first-order valence-electron chi connectivity index (χ1n) is 47.0. The third-order valence-electron chi connectivity index (χ3n) is 18.8. The minimum absolute atomic E-state index is 0.0561. The van der Waals surface area contributed by atoms with E-state index in [4.69, 9.17) is 44.8 Å². The van der Waals surface area contributed by atoms with E-state index in [1.165, 1.54) is 12.6 Å². The number of ether oxygens (including phenoxy) is 7. The van der Waals surface area contributed by atoms with Crippen LogP contribution in [-0.4, -0.2) is 134 Å². The Hall–Kier alpha value is -14.9. The van der Waals surface area contributed by atoms with Gasteiger partial charge in [0, 0.05) is 96.0 Å². The van der Waals surface area contributed by atoms with Crippen LogP contribution in [0.15, 0.2) is 297 Å². The monoisotopic (exact) mass is 2090 g/mol. The minimum atomic E-state index is -3.45. The number of carbonyl (C=O) groups excluding carboxylic acids is 7. The molecule has 1 aliphatic rings. The summed E-state index contributed by atoms with van der Waals surface area (Å²) >= 11 is 5.37. The van der Waals surface area contributed by atoms with Crippen molar-refractivity contribution in [1.29, 1.82) is 0 Å². The molecule has 147 heavy (non-hydrogen) atoms. The lowest BCUT2D eigenvalue weighted by molar-refractivity contribution is -0.117. The summed E-state index contributed by atoms with van der Waals surface area (Å²) in [6.07, 6.45) is 1.18. The number of hydrogen-bond donors (Lipinski definition) is 13. The Morgan fingerprint density at radius 1 is 0.340 bits per heavy atom. The molecule has 0 unspecified atom stereocenters. The predicted octanol–water partition coefficient (Wildman–Crippen LogP) is 23.8. The van der Waals surface area contributed by atoms with Crippen molar-refractivity contribution in [3.63, 3.8) is 0 Å². The summed E-state index contributed by atoms with van der Waals surface area (Å²) in [6, 6.07) is 91.2. The average molecular weight is 2100 g/mol. The van der Waals surface area contributed by atoms with Gasteiger partial charge >= 0.3 is 30.5 Å². The number of halogens is 1. The van der Waals surface area contributed by atoms with Crippen LogP contribution in [0.25, 0.3) is 0 Å². The molecule has 790 valence electrons. The Labute approximate surface area is 871 Å². The summed E-state index contributed by atoms with van der Waals surface area (Å²) in [7, 11) is -5.74. The number of anilines is 10. The molecule has 12 aromatic rings. The summed E-state index contributed by atoms with van der Waals surface area (Å²) in [5.41, 5.74) is 19.0. The molecule has 1 fully saturated rings. The van der Waals surface area contributed by atoms with Gasteiger partial charge in [0.25, 0.3) is 30.6 Å². The van der Waals surface area contributed by atoms with Gasteiger partial charge in [-0.1, -0.05) is 178 Å². The molecule has 0 aromatic heterocycles. The topological polar surface area (TPSA) is 443 Å². The fourth-order valence-electron chi connectivity index (χ4n) is 11.8. The van der Waals surface area contributed by atoms with Crippen LogP contribution < -0.4 is 75.0 Å². The second-order valence-corrected chi connectivity index (χ2v) is 37.9. The number of nitrogens with one attached hydrogen (secondary N) is 13. The summed E-state index contributed by atoms with van der Waals surface area (Å²) in [4.78, 5) is 79.0. The molecule has 7 amide bonds. The maximum atomic E-state index is 11.7. The lowest BCUT2D eigenvalue weighted by Gasteiger charge is -2.11. The molecule has 1 saturated carbocycles. The Morgan fingerprint density at radius 2 is 0.673 bits per heavy atom. The molecule has 33 nitrogen and oxygen atoms in total. The van der Waals surface area contributed by atoms with Crippen molar-refractivity contribution in [3.8, 4) is 11.5 Å². The second-order valence-electron chi connectivity index (χ2n) is 33.0. The van der Waals surface area contributed by atoms with E-state index in [0.29, 0.717) is 66.3 Å². The molecule has 0 radical (unpaired) electrons. The van der Waals surface area contributed by atoms with Gasteiger partial charge in [-0.2, -0.15) is 34.7 Å².